The van der Waals surface area contributed by atoms with Crippen LogP contribution in [0.4, 0.5) is 0 Å². The van der Waals surface area contributed by atoms with Crippen LogP contribution >= 0.6 is 0 Å². The molecule has 1 saturated heterocycles. The Bertz CT molecular complexity index is 1260. The molecule has 0 spiro atoms. The maximum Gasteiger partial charge on any atom is 0.265 e. The Balaban J connectivity index is 1.39. The molecule has 36 heavy (non-hydrogen) atoms. The molecule has 0 radical (unpaired) electrons. The smallest absolute Gasteiger partial charge is 0.265 e. The number of H-pyrrole nitrogens is 1. The normalized spacial score (nSPS) is 24.2. The third-order valence-electron chi connectivity index (χ3n) is 8.34. The topological polar surface area (TPSA) is 96.3 Å². The second-order valence-electron chi connectivity index (χ2n) is 10.5. The summed E-state index contributed by atoms with van der Waals surface area (Å²) in [7, 11) is 0. The van der Waals surface area contributed by atoms with Crippen molar-refractivity contribution in [3.05, 3.63) is 71.4 Å². The summed E-state index contributed by atoms with van der Waals surface area (Å²) in [5, 5.41) is 0.848. The van der Waals surface area contributed by atoms with Crippen molar-refractivity contribution in [1.29, 1.82) is 0 Å². The van der Waals surface area contributed by atoms with E-state index < -0.39 is 11.9 Å². The minimum atomic E-state index is -0.511. The van der Waals surface area contributed by atoms with E-state index in [1.54, 1.807) is 6.07 Å². The van der Waals surface area contributed by atoms with Crippen LogP contribution in [0.5, 0.6) is 0 Å². The summed E-state index contributed by atoms with van der Waals surface area (Å²) in [5.74, 6) is 0.478. The second kappa shape index (κ2) is 10.3. The number of carbonyl (C=O) groups excluding carboxylic acids is 3. The highest BCUT2D eigenvalue weighted by Crippen LogP contribution is 2.38. The van der Waals surface area contributed by atoms with Crippen molar-refractivity contribution in [2.45, 2.75) is 63.8 Å². The van der Waals surface area contributed by atoms with E-state index in [2.05, 4.69) is 24.0 Å². The van der Waals surface area contributed by atoms with E-state index in [-0.39, 0.29) is 29.9 Å². The zero-order valence-electron chi connectivity index (χ0n) is 20.9. The number of nitrogens with two attached hydrogens (primary N) is 1. The molecule has 1 aromatic heterocycles. The molecule has 188 valence electrons. The van der Waals surface area contributed by atoms with Crippen LogP contribution in [0.2, 0.25) is 0 Å². The average Bonchev–Trinajstić information content (AvgIpc) is 3.54. The standard InChI is InChI=1S/C30H35N3O3/c1-2-19-8-11-22(12-9-19)30(36)33-15-14-24(21-6-4-3-5-7-21)28(33)27(34)17-20-10-13-25-23(16-20)18-26(32-25)29(31)35/h3-7,10,13,16,18-19,22,24,28,32H,2,8-9,11-12,14-15,17H2,1H3,(H2,31,35)/t19?,22?,24-,28-/m0/s1. The molecular weight excluding hydrogens is 450 g/mol. The molecule has 2 atom stereocenters. The number of primary amides is 1. The molecule has 1 aliphatic carbocycles. The van der Waals surface area contributed by atoms with Gasteiger partial charge in [-0.05, 0) is 67.3 Å². The Morgan fingerprint density at radius 1 is 0.972 bits per heavy atom. The van der Waals surface area contributed by atoms with Gasteiger partial charge in [-0.3, -0.25) is 14.4 Å². The maximum absolute atomic E-state index is 13.9. The fourth-order valence-electron chi connectivity index (χ4n) is 6.27. The van der Waals surface area contributed by atoms with Gasteiger partial charge >= 0.3 is 0 Å². The Morgan fingerprint density at radius 2 is 1.72 bits per heavy atom. The SMILES string of the molecule is CCC1CCC(C(=O)N2CC[C@@H](c3ccccc3)[C@H]2C(=O)Cc2ccc3[nH]c(C(N)=O)cc3c2)CC1. The monoisotopic (exact) mass is 485 g/mol. The van der Waals surface area contributed by atoms with E-state index in [1.165, 1.54) is 6.42 Å². The first kappa shape index (κ1) is 24.3. The number of carbonyl (C=O) groups is 3. The minimum Gasteiger partial charge on any atom is -0.364 e. The molecule has 6 heteroatoms. The highest BCUT2D eigenvalue weighted by atomic mass is 16.2. The van der Waals surface area contributed by atoms with Crippen molar-refractivity contribution in [2.75, 3.05) is 6.54 Å². The molecule has 2 aromatic carbocycles. The summed E-state index contributed by atoms with van der Waals surface area (Å²) in [4.78, 5) is 44.0. The van der Waals surface area contributed by atoms with E-state index in [1.807, 2.05) is 41.3 Å². The molecule has 2 amide bonds. The van der Waals surface area contributed by atoms with Gasteiger partial charge in [0.15, 0.2) is 5.78 Å². The van der Waals surface area contributed by atoms with Crippen LogP contribution in [0.25, 0.3) is 10.9 Å². The van der Waals surface area contributed by atoms with E-state index in [0.29, 0.717) is 12.2 Å². The van der Waals surface area contributed by atoms with E-state index >= 15 is 0 Å². The molecule has 3 aromatic rings. The van der Waals surface area contributed by atoms with Gasteiger partial charge in [0.2, 0.25) is 5.91 Å². The number of hydrogen-bond acceptors (Lipinski definition) is 3. The number of nitrogens with one attached hydrogen (secondary N) is 1. The van der Waals surface area contributed by atoms with Gasteiger partial charge < -0.3 is 15.6 Å². The van der Waals surface area contributed by atoms with E-state index in [0.717, 1.165) is 60.1 Å². The molecule has 2 heterocycles. The van der Waals surface area contributed by atoms with Crippen molar-refractivity contribution in [3.63, 3.8) is 0 Å². The van der Waals surface area contributed by atoms with E-state index in [9.17, 15) is 14.4 Å². The molecule has 1 saturated carbocycles. The minimum absolute atomic E-state index is 0.00656. The lowest BCUT2D eigenvalue weighted by Gasteiger charge is -2.33. The number of hydrogen-bond donors (Lipinski definition) is 2. The molecular formula is C30H35N3O3. The number of rotatable bonds is 7. The van der Waals surface area contributed by atoms with Gasteiger partial charge in [0.05, 0.1) is 6.04 Å². The Labute approximate surface area is 212 Å². The molecule has 0 bridgehead atoms. The number of amides is 2. The summed E-state index contributed by atoms with van der Waals surface area (Å²) in [6, 6.07) is 17.1. The van der Waals surface area contributed by atoms with Crippen LogP contribution in [0.3, 0.4) is 0 Å². The Kier molecular flexibility index (Phi) is 6.95. The van der Waals surface area contributed by atoms with Crippen molar-refractivity contribution in [2.24, 2.45) is 17.6 Å². The number of likely N-dealkylation sites (tertiary alicyclic amines) is 1. The summed E-state index contributed by atoms with van der Waals surface area (Å²) in [5.41, 5.74) is 8.56. The van der Waals surface area contributed by atoms with Crippen LogP contribution in [-0.2, 0) is 16.0 Å². The van der Waals surface area contributed by atoms with Gasteiger partial charge in [-0.15, -0.1) is 0 Å². The number of fused-ring (bicyclic) bond motifs is 1. The van der Waals surface area contributed by atoms with Gasteiger partial charge in [0.25, 0.3) is 5.91 Å². The number of nitrogens with zero attached hydrogens (tertiary/aromatic N) is 1. The van der Waals surface area contributed by atoms with Crippen molar-refractivity contribution < 1.29 is 14.4 Å². The van der Waals surface area contributed by atoms with Gasteiger partial charge in [0.1, 0.15) is 5.69 Å². The van der Waals surface area contributed by atoms with Crippen LogP contribution in [0, 0.1) is 11.8 Å². The molecule has 5 rings (SSSR count). The third-order valence-corrected chi connectivity index (χ3v) is 8.34. The molecule has 1 aliphatic heterocycles. The third kappa shape index (κ3) is 4.81. The van der Waals surface area contributed by atoms with Crippen LogP contribution < -0.4 is 5.73 Å². The van der Waals surface area contributed by atoms with Gasteiger partial charge in [-0.25, -0.2) is 0 Å². The largest absolute Gasteiger partial charge is 0.364 e. The number of ketones is 1. The first-order valence-electron chi connectivity index (χ1n) is 13.2. The lowest BCUT2D eigenvalue weighted by molar-refractivity contribution is -0.142. The quantitative estimate of drug-likeness (QED) is 0.494. The summed E-state index contributed by atoms with van der Waals surface area (Å²) < 4.78 is 0. The second-order valence-corrected chi connectivity index (χ2v) is 10.5. The molecule has 2 aliphatic rings. The number of aromatic nitrogens is 1. The summed E-state index contributed by atoms with van der Waals surface area (Å²) in [6.07, 6.45) is 6.28. The fourth-order valence-corrected chi connectivity index (χ4v) is 6.27. The first-order chi connectivity index (χ1) is 17.4. The van der Waals surface area contributed by atoms with Crippen molar-refractivity contribution >= 4 is 28.5 Å². The highest BCUT2D eigenvalue weighted by molar-refractivity contribution is 5.98. The average molecular weight is 486 g/mol. The first-order valence-corrected chi connectivity index (χ1v) is 13.2. The Hall–Kier alpha value is -3.41. The predicted octanol–water partition coefficient (Wildman–Crippen LogP) is 4.98. The number of aromatic amines is 1. The number of Topliss-reactive ketones (excluding diaryl/α,β-unsaturated/α-hetero) is 1. The zero-order chi connectivity index (χ0) is 25.2. The molecule has 6 nitrogen and oxygen atoms in total. The zero-order valence-corrected chi connectivity index (χ0v) is 20.9. The summed E-state index contributed by atoms with van der Waals surface area (Å²) >= 11 is 0. The summed E-state index contributed by atoms with van der Waals surface area (Å²) in [6.45, 7) is 2.85. The van der Waals surface area contributed by atoms with Gasteiger partial charge in [-0.1, -0.05) is 49.7 Å². The molecule has 3 N–H and O–H groups in total. The van der Waals surface area contributed by atoms with Crippen LogP contribution in [0.1, 0.15) is 73.0 Å². The molecule has 0 unspecified atom stereocenters. The maximum atomic E-state index is 13.9. The highest BCUT2D eigenvalue weighted by Gasteiger charge is 2.44. The van der Waals surface area contributed by atoms with Crippen LogP contribution in [0.15, 0.2) is 54.6 Å². The van der Waals surface area contributed by atoms with Gasteiger partial charge in [0, 0.05) is 35.7 Å². The Morgan fingerprint density at radius 3 is 2.42 bits per heavy atom. The lowest BCUT2D eigenvalue weighted by atomic mass is 9.80. The van der Waals surface area contributed by atoms with E-state index in [4.69, 9.17) is 5.73 Å². The van der Waals surface area contributed by atoms with Crippen LogP contribution in [-0.4, -0.2) is 40.1 Å². The predicted molar refractivity (Wildman–Crippen MR) is 141 cm³/mol. The molecule has 2 fully saturated rings. The van der Waals surface area contributed by atoms with Crippen molar-refractivity contribution in [1.82, 2.24) is 9.88 Å². The lowest BCUT2D eigenvalue weighted by Crippen LogP contribution is -2.46. The number of benzene rings is 2. The van der Waals surface area contributed by atoms with Gasteiger partial charge in [-0.2, -0.15) is 0 Å². The fraction of sp³-hybridized carbons (Fsp3) is 0.433. The van der Waals surface area contributed by atoms with Crippen molar-refractivity contribution in [3.8, 4) is 0 Å².